The lowest BCUT2D eigenvalue weighted by Crippen LogP contribution is -2.47. The minimum Gasteiger partial charge on any atom is -0.352 e. The number of para-hydroxylation sites is 1. The van der Waals surface area contributed by atoms with Crippen LogP contribution in [0.4, 0.5) is 13.2 Å². The number of carbonyl (C=O) groups excluding carboxylic acids is 2. The van der Waals surface area contributed by atoms with Crippen LogP contribution >= 0.6 is 11.3 Å². The van der Waals surface area contributed by atoms with Crippen molar-refractivity contribution in [2.24, 2.45) is 5.92 Å². The fraction of sp³-hybridized carbons (Fsp3) is 0.348. The molecule has 2 aromatic carbocycles. The van der Waals surface area contributed by atoms with Crippen LogP contribution in [-0.2, 0) is 22.3 Å². The van der Waals surface area contributed by atoms with E-state index in [0.29, 0.717) is 10.6 Å². The summed E-state index contributed by atoms with van der Waals surface area (Å²) in [6, 6.07) is 10.7. The first-order valence-electron chi connectivity index (χ1n) is 10.5. The van der Waals surface area contributed by atoms with Gasteiger partial charge in [0.25, 0.3) is 0 Å². The molecule has 1 fully saturated rings. The van der Waals surface area contributed by atoms with Crippen molar-refractivity contribution in [1.82, 2.24) is 20.9 Å². The van der Waals surface area contributed by atoms with Crippen LogP contribution in [0.25, 0.3) is 10.2 Å². The Hall–Kier alpha value is -2.98. The first-order chi connectivity index (χ1) is 15.6. The summed E-state index contributed by atoms with van der Waals surface area (Å²) in [4.78, 5) is 28.9. The van der Waals surface area contributed by atoms with Crippen LogP contribution in [0.5, 0.6) is 0 Å². The molecule has 1 aliphatic heterocycles. The molecule has 4 rings (SSSR count). The maximum Gasteiger partial charge on any atom is 0.416 e. The fourth-order valence-electron chi connectivity index (χ4n) is 3.68. The molecule has 0 radical (unpaired) electrons. The molecule has 10 heteroatoms. The molecule has 2 heterocycles. The molecule has 2 unspecified atom stereocenters. The molecule has 2 atom stereocenters. The third-order valence-corrected chi connectivity index (χ3v) is 6.54. The summed E-state index contributed by atoms with van der Waals surface area (Å²) in [5, 5.41) is 9.11. The van der Waals surface area contributed by atoms with E-state index in [-0.39, 0.29) is 36.3 Å². The van der Waals surface area contributed by atoms with Crippen molar-refractivity contribution >= 4 is 33.4 Å². The molecular weight excluding hydrogens is 453 g/mol. The van der Waals surface area contributed by atoms with E-state index in [1.807, 2.05) is 24.3 Å². The molecule has 2 amide bonds. The van der Waals surface area contributed by atoms with E-state index >= 15 is 0 Å². The van der Waals surface area contributed by atoms with E-state index in [9.17, 15) is 22.8 Å². The number of carbonyl (C=O) groups is 2. The minimum absolute atomic E-state index is 0.0712. The lowest BCUT2D eigenvalue weighted by molar-refractivity contribution is -0.139. The standard InChI is InChI=1S/C23H23F3N4O2S/c1-12(2)21(32)27-11-13-7-8-15(23(24,25)26)14(9-13)20-28-17(10-19(31)30-20)22-29-16-5-3-4-6-18(16)33-22/h3-9,12,17,20,28H,10-11H2,1-2H3,(H,27,32)(H,30,31). The molecule has 6 nitrogen and oxygen atoms in total. The van der Waals surface area contributed by atoms with Gasteiger partial charge < -0.3 is 10.6 Å². The molecule has 174 valence electrons. The Bertz CT molecular complexity index is 1160. The monoisotopic (exact) mass is 476 g/mol. The smallest absolute Gasteiger partial charge is 0.352 e. The number of alkyl halides is 3. The lowest BCUT2D eigenvalue weighted by atomic mass is 9.98. The third kappa shape index (κ3) is 5.17. The molecule has 0 saturated carbocycles. The number of nitrogens with one attached hydrogen (secondary N) is 3. The summed E-state index contributed by atoms with van der Waals surface area (Å²) < 4.78 is 42.3. The third-order valence-electron chi connectivity index (χ3n) is 5.39. The second-order valence-electron chi connectivity index (χ2n) is 8.24. The highest BCUT2D eigenvalue weighted by Crippen LogP contribution is 2.37. The Labute approximate surface area is 192 Å². The molecule has 3 aromatic rings. The molecule has 1 aliphatic rings. The first-order valence-corrected chi connectivity index (χ1v) is 11.3. The molecule has 0 bridgehead atoms. The number of aromatic nitrogens is 1. The number of halogens is 3. The SMILES string of the molecule is CC(C)C(=O)NCc1ccc(C(F)(F)F)c(C2NC(=O)CC(c3nc4ccccc4s3)N2)c1. The minimum atomic E-state index is -4.61. The average molecular weight is 477 g/mol. The topological polar surface area (TPSA) is 83.1 Å². The molecule has 33 heavy (non-hydrogen) atoms. The number of amides is 2. The summed E-state index contributed by atoms with van der Waals surface area (Å²) in [5.74, 6) is -0.807. The van der Waals surface area contributed by atoms with Gasteiger partial charge in [-0.2, -0.15) is 13.2 Å². The van der Waals surface area contributed by atoms with Crippen LogP contribution in [0.2, 0.25) is 0 Å². The van der Waals surface area contributed by atoms with Gasteiger partial charge in [0.15, 0.2) is 0 Å². The fourth-order valence-corrected chi connectivity index (χ4v) is 4.71. The predicted molar refractivity (Wildman–Crippen MR) is 119 cm³/mol. The zero-order chi connectivity index (χ0) is 23.8. The molecule has 0 aliphatic carbocycles. The highest BCUT2D eigenvalue weighted by atomic mass is 32.1. The Balaban J connectivity index is 1.65. The maximum absolute atomic E-state index is 13.8. The zero-order valence-corrected chi connectivity index (χ0v) is 18.8. The van der Waals surface area contributed by atoms with Gasteiger partial charge in [-0.15, -0.1) is 11.3 Å². The number of nitrogens with zero attached hydrogens (tertiary/aromatic N) is 1. The van der Waals surface area contributed by atoms with Gasteiger partial charge in [0.2, 0.25) is 11.8 Å². The van der Waals surface area contributed by atoms with E-state index in [1.165, 1.54) is 23.5 Å². The van der Waals surface area contributed by atoms with Gasteiger partial charge in [-0.05, 0) is 29.8 Å². The van der Waals surface area contributed by atoms with Crippen LogP contribution in [0, 0.1) is 5.92 Å². The van der Waals surface area contributed by atoms with Gasteiger partial charge in [0, 0.05) is 24.4 Å². The Morgan fingerprint density at radius 3 is 2.70 bits per heavy atom. The van der Waals surface area contributed by atoms with Crippen molar-refractivity contribution in [2.45, 2.75) is 45.2 Å². The number of benzene rings is 2. The van der Waals surface area contributed by atoms with Gasteiger partial charge in [0.1, 0.15) is 11.2 Å². The highest BCUT2D eigenvalue weighted by molar-refractivity contribution is 7.18. The van der Waals surface area contributed by atoms with E-state index < -0.39 is 23.9 Å². The van der Waals surface area contributed by atoms with Crippen molar-refractivity contribution in [1.29, 1.82) is 0 Å². The zero-order valence-electron chi connectivity index (χ0n) is 18.0. The Morgan fingerprint density at radius 1 is 1.24 bits per heavy atom. The second kappa shape index (κ2) is 9.11. The highest BCUT2D eigenvalue weighted by Gasteiger charge is 2.38. The summed E-state index contributed by atoms with van der Waals surface area (Å²) in [6.45, 7) is 3.55. The van der Waals surface area contributed by atoms with Crippen LogP contribution in [0.3, 0.4) is 0 Å². The molecule has 3 N–H and O–H groups in total. The van der Waals surface area contributed by atoms with E-state index in [2.05, 4.69) is 20.9 Å². The molecular formula is C23H23F3N4O2S. The van der Waals surface area contributed by atoms with Crippen LogP contribution in [-0.4, -0.2) is 16.8 Å². The Kier molecular flexibility index (Phi) is 6.40. The summed E-state index contributed by atoms with van der Waals surface area (Å²) in [5.41, 5.74) is 0.341. The van der Waals surface area contributed by atoms with Crippen molar-refractivity contribution in [3.8, 4) is 0 Å². The number of hydrogen-bond donors (Lipinski definition) is 3. The van der Waals surface area contributed by atoms with Gasteiger partial charge in [-0.1, -0.05) is 32.0 Å². The van der Waals surface area contributed by atoms with Gasteiger partial charge in [0.05, 0.1) is 21.8 Å². The van der Waals surface area contributed by atoms with Crippen LogP contribution in [0.15, 0.2) is 42.5 Å². The van der Waals surface area contributed by atoms with Crippen molar-refractivity contribution in [3.05, 3.63) is 64.2 Å². The first kappa shape index (κ1) is 23.2. The number of hydrogen-bond acceptors (Lipinski definition) is 5. The maximum atomic E-state index is 13.8. The van der Waals surface area contributed by atoms with Crippen molar-refractivity contribution in [3.63, 3.8) is 0 Å². The normalized spacial score (nSPS) is 19.0. The lowest BCUT2D eigenvalue weighted by Gasteiger charge is -2.32. The summed E-state index contributed by atoms with van der Waals surface area (Å²) in [7, 11) is 0. The molecule has 1 saturated heterocycles. The summed E-state index contributed by atoms with van der Waals surface area (Å²) >= 11 is 1.41. The van der Waals surface area contributed by atoms with Crippen LogP contribution < -0.4 is 16.0 Å². The molecule has 1 aromatic heterocycles. The van der Waals surface area contributed by atoms with E-state index in [1.54, 1.807) is 13.8 Å². The van der Waals surface area contributed by atoms with Gasteiger partial charge in [-0.3, -0.25) is 14.9 Å². The van der Waals surface area contributed by atoms with E-state index in [0.717, 1.165) is 16.3 Å². The van der Waals surface area contributed by atoms with Crippen molar-refractivity contribution < 1.29 is 22.8 Å². The molecule has 0 spiro atoms. The van der Waals surface area contributed by atoms with Gasteiger partial charge >= 0.3 is 6.18 Å². The predicted octanol–water partition coefficient (Wildman–Crippen LogP) is 4.44. The largest absolute Gasteiger partial charge is 0.416 e. The quantitative estimate of drug-likeness (QED) is 0.509. The van der Waals surface area contributed by atoms with Gasteiger partial charge in [-0.25, -0.2) is 4.98 Å². The number of fused-ring (bicyclic) bond motifs is 1. The Morgan fingerprint density at radius 2 is 2.00 bits per heavy atom. The average Bonchev–Trinajstić information content (AvgIpc) is 3.20. The van der Waals surface area contributed by atoms with E-state index in [4.69, 9.17) is 0 Å². The van der Waals surface area contributed by atoms with Crippen molar-refractivity contribution in [2.75, 3.05) is 0 Å². The number of thiazole rings is 1. The number of rotatable bonds is 5. The van der Waals surface area contributed by atoms with Crippen LogP contribution in [0.1, 0.15) is 54.2 Å². The summed E-state index contributed by atoms with van der Waals surface area (Å²) in [6.07, 6.45) is -5.59. The second-order valence-corrected chi connectivity index (χ2v) is 9.30.